The monoisotopic (exact) mass is 567 g/mol. The molecular formula is C23H26Cl2F3N3O4S. The van der Waals surface area contributed by atoms with Crippen LogP contribution < -0.4 is 9.62 Å². The Bertz CT molecular complexity index is 1220. The minimum atomic E-state index is -4.77. The van der Waals surface area contributed by atoms with Crippen LogP contribution in [0.2, 0.25) is 10.0 Å². The maximum atomic E-state index is 13.4. The summed E-state index contributed by atoms with van der Waals surface area (Å²) < 4.78 is 65.5. The van der Waals surface area contributed by atoms with Gasteiger partial charge in [0.2, 0.25) is 21.8 Å². The zero-order valence-electron chi connectivity index (χ0n) is 19.9. The highest BCUT2D eigenvalue weighted by molar-refractivity contribution is 7.92. The molecule has 2 aromatic rings. The smallest absolute Gasteiger partial charge is 0.352 e. The molecule has 2 aromatic carbocycles. The molecule has 0 fully saturated rings. The first-order valence-electron chi connectivity index (χ1n) is 10.7. The number of nitrogens with zero attached hydrogens (tertiary/aromatic N) is 2. The van der Waals surface area contributed by atoms with Gasteiger partial charge in [0.25, 0.3) is 0 Å². The molecule has 7 nitrogen and oxygen atoms in total. The fraction of sp³-hybridized carbons (Fsp3) is 0.391. The number of anilines is 1. The minimum absolute atomic E-state index is 0.111. The number of hydrogen-bond donors (Lipinski definition) is 1. The number of alkyl halides is 3. The van der Waals surface area contributed by atoms with Crippen molar-refractivity contribution < 1.29 is 31.2 Å². The van der Waals surface area contributed by atoms with E-state index in [4.69, 9.17) is 23.2 Å². The van der Waals surface area contributed by atoms with Crippen LogP contribution in [-0.4, -0.2) is 50.0 Å². The summed E-state index contributed by atoms with van der Waals surface area (Å²) in [6.45, 7) is 3.92. The topological polar surface area (TPSA) is 86.8 Å². The predicted octanol–water partition coefficient (Wildman–Crippen LogP) is 4.72. The van der Waals surface area contributed by atoms with Gasteiger partial charge in [-0.25, -0.2) is 8.42 Å². The summed E-state index contributed by atoms with van der Waals surface area (Å²) in [5.74, 6) is -1.33. The molecule has 2 amide bonds. The van der Waals surface area contributed by atoms with Crippen LogP contribution in [0.3, 0.4) is 0 Å². The van der Waals surface area contributed by atoms with Crippen LogP contribution >= 0.6 is 23.2 Å². The van der Waals surface area contributed by atoms with Crippen molar-refractivity contribution in [2.45, 2.75) is 45.6 Å². The van der Waals surface area contributed by atoms with E-state index in [0.717, 1.165) is 17.2 Å². The summed E-state index contributed by atoms with van der Waals surface area (Å²) in [7, 11) is -4.26. The van der Waals surface area contributed by atoms with Crippen LogP contribution in [0.5, 0.6) is 0 Å². The molecule has 0 unspecified atom stereocenters. The second kappa shape index (κ2) is 11.7. The first kappa shape index (κ1) is 29.7. The maximum absolute atomic E-state index is 13.4. The number of hydrogen-bond acceptors (Lipinski definition) is 4. The molecule has 0 spiro atoms. The summed E-state index contributed by atoms with van der Waals surface area (Å²) in [4.78, 5) is 27.3. The molecule has 2 rings (SSSR count). The number of amides is 2. The van der Waals surface area contributed by atoms with Crippen molar-refractivity contribution in [3.05, 3.63) is 63.6 Å². The summed E-state index contributed by atoms with van der Waals surface area (Å²) in [5, 5.41) is 2.77. The summed E-state index contributed by atoms with van der Waals surface area (Å²) in [5.41, 5.74) is -1.09. The molecule has 36 heavy (non-hydrogen) atoms. The number of halogens is 5. The lowest BCUT2D eigenvalue weighted by Crippen LogP contribution is -2.52. The molecule has 0 aromatic heterocycles. The lowest BCUT2D eigenvalue weighted by molar-refractivity contribution is -0.139. The second-order valence-electron chi connectivity index (χ2n) is 8.42. The van der Waals surface area contributed by atoms with Crippen LogP contribution in [-0.2, 0) is 32.3 Å². The van der Waals surface area contributed by atoms with Gasteiger partial charge >= 0.3 is 6.18 Å². The number of nitrogens with one attached hydrogen (secondary N) is 1. The van der Waals surface area contributed by atoms with Gasteiger partial charge in [-0.2, -0.15) is 13.2 Å². The quantitative estimate of drug-likeness (QED) is 0.475. The third kappa shape index (κ3) is 8.01. The number of carbonyl (C=O) groups excluding carboxylic acids is 2. The van der Waals surface area contributed by atoms with Crippen molar-refractivity contribution in [2.24, 2.45) is 0 Å². The highest BCUT2D eigenvalue weighted by atomic mass is 35.5. The Kier molecular flexibility index (Phi) is 9.66. The highest BCUT2D eigenvalue weighted by Gasteiger charge is 2.34. The first-order valence-corrected chi connectivity index (χ1v) is 13.3. The van der Waals surface area contributed by atoms with Crippen LogP contribution in [0.25, 0.3) is 0 Å². The van der Waals surface area contributed by atoms with Crippen LogP contribution in [0, 0.1) is 0 Å². The molecule has 0 aliphatic rings. The third-order valence-electron chi connectivity index (χ3n) is 5.06. The van der Waals surface area contributed by atoms with Crippen molar-refractivity contribution in [1.29, 1.82) is 0 Å². The normalized spacial score (nSPS) is 12.8. The van der Waals surface area contributed by atoms with E-state index in [1.165, 1.54) is 6.92 Å². The van der Waals surface area contributed by atoms with Crippen LogP contribution in [0.15, 0.2) is 42.5 Å². The Morgan fingerprint density at radius 2 is 1.69 bits per heavy atom. The van der Waals surface area contributed by atoms with E-state index >= 15 is 0 Å². The Morgan fingerprint density at radius 3 is 2.22 bits per heavy atom. The predicted molar refractivity (Wildman–Crippen MR) is 133 cm³/mol. The summed E-state index contributed by atoms with van der Waals surface area (Å²) >= 11 is 12.1. The molecule has 13 heteroatoms. The molecule has 0 bridgehead atoms. The maximum Gasteiger partial charge on any atom is 0.416 e. The Balaban J connectivity index is 2.50. The standard InChI is InChI=1S/C23H26Cl2F3N3O4S/c1-14(2)29-22(33)15(3)30(12-16-6-5-7-18(24)10-16)21(32)13-31(36(4,34)35)20-11-17(23(26,27)28)8-9-19(20)25/h5-11,14-15H,12-13H2,1-4H3,(H,29,33)/t15-/m1/s1. The van der Waals surface area contributed by atoms with E-state index in [0.29, 0.717) is 27.0 Å². The molecule has 0 aliphatic carbocycles. The van der Waals surface area contributed by atoms with Crippen molar-refractivity contribution in [1.82, 2.24) is 10.2 Å². The number of rotatable bonds is 9. The van der Waals surface area contributed by atoms with Gasteiger partial charge in [0.1, 0.15) is 12.6 Å². The van der Waals surface area contributed by atoms with Crippen LogP contribution in [0.4, 0.5) is 18.9 Å². The largest absolute Gasteiger partial charge is 0.416 e. The van der Waals surface area contributed by atoms with E-state index in [1.54, 1.807) is 38.1 Å². The number of sulfonamides is 1. The molecule has 1 N–H and O–H groups in total. The lowest BCUT2D eigenvalue weighted by Gasteiger charge is -2.32. The minimum Gasteiger partial charge on any atom is -0.352 e. The van der Waals surface area contributed by atoms with E-state index in [9.17, 15) is 31.2 Å². The fourth-order valence-electron chi connectivity index (χ4n) is 3.29. The van der Waals surface area contributed by atoms with Gasteiger partial charge in [0.05, 0.1) is 22.5 Å². The van der Waals surface area contributed by atoms with Crippen molar-refractivity contribution in [3.8, 4) is 0 Å². The fourth-order valence-corrected chi connectivity index (χ4v) is 4.63. The van der Waals surface area contributed by atoms with Gasteiger partial charge in [-0.05, 0) is 56.7 Å². The number of carbonyl (C=O) groups is 2. The molecule has 0 saturated heterocycles. The lowest BCUT2D eigenvalue weighted by atomic mass is 10.1. The highest BCUT2D eigenvalue weighted by Crippen LogP contribution is 2.36. The first-order chi connectivity index (χ1) is 16.5. The summed E-state index contributed by atoms with van der Waals surface area (Å²) in [6, 6.07) is 7.40. The number of benzene rings is 2. The average Bonchev–Trinajstić information content (AvgIpc) is 2.73. The van der Waals surface area contributed by atoms with Crippen molar-refractivity contribution in [2.75, 3.05) is 17.1 Å². The van der Waals surface area contributed by atoms with Crippen LogP contribution in [0.1, 0.15) is 31.9 Å². The zero-order chi connectivity index (χ0) is 27.4. The summed E-state index contributed by atoms with van der Waals surface area (Å²) in [6.07, 6.45) is -4.03. The van der Waals surface area contributed by atoms with Gasteiger partial charge in [-0.3, -0.25) is 13.9 Å². The molecule has 1 atom stereocenters. The van der Waals surface area contributed by atoms with E-state index in [-0.39, 0.29) is 17.6 Å². The van der Waals surface area contributed by atoms with Gasteiger partial charge in [0.15, 0.2) is 0 Å². The molecule has 0 saturated carbocycles. The molecular weight excluding hydrogens is 542 g/mol. The van der Waals surface area contributed by atoms with Gasteiger partial charge in [0, 0.05) is 17.6 Å². The van der Waals surface area contributed by atoms with Gasteiger partial charge < -0.3 is 10.2 Å². The van der Waals surface area contributed by atoms with Crippen molar-refractivity contribution >= 4 is 50.7 Å². The van der Waals surface area contributed by atoms with E-state index < -0.39 is 51.9 Å². The third-order valence-corrected chi connectivity index (χ3v) is 6.74. The van der Waals surface area contributed by atoms with Gasteiger partial charge in [-0.15, -0.1) is 0 Å². The average molecular weight is 568 g/mol. The Labute approximate surface area is 218 Å². The Hall–Kier alpha value is -2.50. The molecule has 0 radical (unpaired) electrons. The van der Waals surface area contributed by atoms with Gasteiger partial charge in [-0.1, -0.05) is 35.3 Å². The zero-order valence-corrected chi connectivity index (χ0v) is 22.3. The SMILES string of the molecule is CC(C)NC(=O)[C@@H](C)N(Cc1cccc(Cl)c1)C(=O)CN(c1cc(C(F)(F)F)ccc1Cl)S(C)(=O)=O. The van der Waals surface area contributed by atoms with E-state index in [2.05, 4.69) is 5.32 Å². The second-order valence-corrected chi connectivity index (χ2v) is 11.2. The molecule has 0 heterocycles. The molecule has 0 aliphatic heterocycles. The molecule has 198 valence electrons. The Morgan fingerprint density at radius 1 is 1.06 bits per heavy atom. The van der Waals surface area contributed by atoms with Crippen molar-refractivity contribution in [3.63, 3.8) is 0 Å². The van der Waals surface area contributed by atoms with E-state index in [1.807, 2.05) is 0 Å².